The molecule has 1 aliphatic heterocycles. The third kappa shape index (κ3) is 4.88. The molecule has 0 unspecified atom stereocenters. The minimum Gasteiger partial charge on any atom is -0.463 e. The second kappa shape index (κ2) is 7.75. The second-order valence-corrected chi connectivity index (χ2v) is 4.37. The molecule has 0 fully saturated rings. The topological polar surface area (TPSA) is 96.7 Å². The summed E-state index contributed by atoms with van der Waals surface area (Å²) < 4.78 is 4.98. The number of amides is 2. The molecule has 0 aromatic heterocycles. The van der Waals surface area contributed by atoms with Crippen molar-refractivity contribution in [1.82, 2.24) is 15.5 Å². The minimum absolute atomic E-state index is 0.199. The number of nitrogens with one attached hydrogen (secondary N) is 2. The van der Waals surface area contributed by atoms with Gasteiger partial charge in [-0.3, -0.25) is 0 Å². The molecule has 108 valence electrons. The van der Waals surface area contributed by atoms with E-state index >= 15 is 0 Å². The monoisotopic (exact) mass is 270 g/mol. The molecule has 4 N–H and O–H groups in total. The Morgan fingerprint density at radius 2 is 2.26 bits per heavy atom. The fourth-order valence-electron chi connectivity index (χ4n) is 1.79. The van der Waals surface area contributed by atoms with Crippen LogP contribution in [0, 0.1) is 0 Å². The Hall–Kier alpha value is -1.60. The number of rotatable bonds is 7. The highest BCUT2D eigenvalue weighted by Crippen LogP contribution is 2.09. The number of ether oxygens (including phenoxy) is 1. The highest BCUT2D eigenvalue weighted by atomic mass is 16.5. The van der Waals surface area contributed by atoms with Crippen LogP contribution in [-0.4, -0.2) is 56.7 Å². The smallest absolute Gasteiger partial charge is 0.337 e. The molecule has 19 heavy (non-hydrogen) atoms. The van der Waals surface area contributed by atoms with Crippen LogP contribution in [0.4, 0.5) is 4.79 Å². The molecule has 0 atom stereocenters. The van der Waals surface area contributed by atoms with Crippen molar-refractivity contribution in [3.05, 3.63) is 11.3 Å². The first-order valence-electron chi connectivity index (χ1n) is 6.41. The van der Waals surface area contributed by atoms with Crippen molar-refractivity contribution in [2.24, 2.45) is 5.73 Å². The highest BCUT2D eigenvalue weighted by Gasteiger charge is 2.24. The van der Waals surface area contributed by atoms with E-state index < -0.39 is 5.97 Å². The predicted molar refractivity (Wildman–Crippen MR) is 71.4 cm³/mol. The van der Waals surface area contributed by atoms with Crippen LogP contribution in [0.2, 0.25) is 0 Å². The van der Waals surface area contributed by atoms with Gasteiger partial charge in [0, 0.05) is 12.2 Å². The van der Waals surface area contributed by atoms with Crippen molar-refractivity contribution in [3.63, 3.8) is 0 Å². The molecule has 1 heterocycles. The van der Waals surface area contributed by atoms with Crippen molar-refractivity contribution >= 4 is 12.0 Å². The van der Waals surface area contributed by atoms with Crippen LogP contribution in [0.15, 0.2) is 11.3 Å². The second-order valence-electron chi connectivity index (χ2n) is 4.37. The first-order chi connectivity index (χ1) is 9.08. The molecule has 7 nitrogen and oxygen atoms in total. The van der Waals surface area contributed by atoms with Crippen LogP contribution in [-0.2, 0) is 9.53 Å². The van der Waals surface area contributed by atoms with Gasteiger partial charge in [0.2, 0.25) is 0 Å². The van der Waals surface area contributed by atoms with E-state index in [0.717, 1.165) is 13.0 Å². The van der Waals surface area contributed by atoms with Crippen LogP contribution in [0.25, 0.3) is 0 Å². The van der Waals surface area contributed by atoms with Gasteiger partial charge in [-0.1, -0.05) is 0 Å². The number of carbonyl (C=O) groups is 2. The summed E-state index contributed by atoms with van der Waals surface area (Å²) in [5.74, 6) is -0.391. The summed E-state index contributed by atoms with van der Waals surface area (Å²) in [5.41, 5.74) is 6.53. The molecule has 7 heteroatoms. The van der Waals surface area contributed by atoms with Gasteiger partial charge in [0.15, 0.2) is 0 Å². The Balaban J connectivity index is 2.75. The third-order valence-electron chi connectivity index (χ3n) is 2.75. The molecule has 0 aromatic rings. The number of esters is 1. The van der Waals surface area contributed by atoms with E-state index in [9.17, 15) is 9.59 Å². The average Bonchev–Trinajstić information content (AvgIpc) is 2.36. The first-order valence-corrected chi connectivity index (χ1v) is 6.41. The number of hydrogen-bond acceptors (Lipinski definition) is 5. The Labute approximate surface area is 113 Å². The molecule has 0 saturated heterocycles. The van der Waals surface area contributed by atoms with Crippen molar-refractivity contribution in [3.8, 4) is 0 Å². The molecule has 0 radical (unpaired) electrons. The summed E-state index contributed by atoms with van der Waals surface area (Å²) >= 11 is 0. The van der Waals surface area contributed by atoms with E-state index in [4.69, 9.17) is 10.5 Å². The van der Waals surface area contributed by atoms with Crippen LogP contribution in [0.1, 0.15) is 13.3 Å². The Morgan fingerprint density at radius 1 is 1.53 bits per heavy atom. The zero-order valence-electron chi connectivity index (χ0n) is 11.5. The fraction of sp³-hybridized carbons (Fsp3) is 0.667. The van der Waals surface area contributed by atoms with Crippen LogP contribution in [0.5, 0.6) is 0 Å². The van der Waals surface area contributed by atoms with Gasteiger partial charge in [0.1, 0.15) is 0 Å². The SMILES string of the molecule is CCOC(=O)C1=C(CN(C)CCCN)NC(=O)NC1. The summed E-state index contributed by atoms with van der Waals surface area (Å²) in [7, 11) is 1.92. The lowest BCUT2D eigenvalue weighted by Gasteiger charge is -2.25. The maximum atomic E-state index is 11.8. The van der Waals surface area contributed by atoms with E-state index in [1.54, 1.807) is 6.92 Å². The molecule has 0 bridgehead atoms. The van der Waals surface area contributed by atoms with Gasteiger partial charge in [-0.2, -0.15) is 0 Å². The molecular weight excluding hydrogens is 248 g/mol. The number of nitrogens with zero attached hydrogens (tertiary/aromatic N) is 1. The van der Waals surface area contributed by atoms with Gasteiger partial charge in [-0.25, -0.2) is 9.59 Å². The molecule has 1 rings (SSSR count). The fourth-order valence-corrected chi connectivity index (χ4v) is 1.79. The van der Waals surface area contributed by atoms with E-state index in [0.29, 0.717) is 31.0 Å². The van der Waals surface area contributed by atoms with Crippen LogP contribution < -0.4 is 16.4 Å². The average molecular weight is 270 g/mol. The lowest BCUT2D eigenvalue weighted by molar-refractivity contribution is -0.138. The number of likely N-dealkylation sites (N-methyl/N-ethyl adjacent to an activating group) is 1. The van der Waals surface area contributed by atoms with Gasteiger partial charge in [0.05, 0.1) is 18.7 Å². The maximum Gasteiger partial charge on any atom is 0.337 e. The van der Waals surface area contributed by atoms with E-state index in [-0.39, 0.29) is 12.6 Å². The summed E-state index contributed by atoms with van der Waals surface area (Å²) in [4.78, 5) is 25.2. The third-order valence-corrected chi connectivity index (χ3v) is 2.75. The van der Waals surface area contributed by atoms with E-state index in [1.807, 2.05) is 11.9 Å². The highest BCUT2D eigenvalue weighted by molar-refractivity contribution is 5.93. The molecule has 0 aromatic carbocycles. The van der Waals surface area contributed by atoms with Gasteiger partial charge in [-0.05, 0) is 33.5 Å². The number of carbonyl (C=O) groups excluding carboxylic acids is 2. The van der Waals surface area contributed by atoms with Crippen molar-refractivity contribution in [2.45, 2.75) is 13.3 Å². The normalized spacial score (nSPS) is 15.3. The summed E-state index contributed by atoms with van der Waals surface area (Å²) in [6, 6.07) is -0.296. The van der Waals surface area contributed by atoms with Gasteiger partial charge >= 0.3 is 12.0 Å². The van der Waals surface area contributed by atoms with E-state index in [2.05, 4.69) is 10.6 Å². The Bertz CT molecular complexity index is 368. The number of urea groups is 1. The van der Waals surface area contributed by atoms with Crippen LogP contribution >= 0.6 is 0 Å². The molecule has 0 aliphatic carbocycles. The van der Waals surface area contributed by atoms with Gasteiger partial charge in [0.25, 0.3) is 0 Å². The van der Waals surface area contributed by atoms with Gasteiger partial charge < -0.3 is 26.0 Å². The molecule has 1 aliphatic rings. The first kappa shape index (κ1) is 15.5. The Morgan fingerprint density at radius 3 is 2.89 bits per heavy atom. The van der Waals surface area contributed by atoms with Crippen molar-refractivity contribution < 1.29 is 14.3 Å². The number of hydrogen-bond donors (Lipinski definition) is 3. The van der Waals surface area contributed by atoms with Crippen molar-refractivity contribution in [1.29, 1.82) is 0 Å². The van der Waals surface area contributed by atoms with Crippen LogP contribution in [0.3, 0.4) is 0 Å². The molecular formula is C12H22N4O3. The summed E-state index contributed by atoms with van der Waals surface area (Å²) in [6.07, 6.45) is 0.866. The lowest BCUT2D eigenvalue weighted by atomic mass is 10.1. The quantitative estimate of drug-likeness (QED) is 0.537. The minimum atomic E-state index is -0.391. The zero-order chi connectivity index (χ0) is 14.3. The molecule has 2 amide bonds. The predicted octanol–water partition coefficient (Wildman–Crippen LogP) is -0.603. The molecule has 0 saturated carbocycles. The standard InChI is InChI=1S/C12H22N4O3/c1-3-19-11(17)9-7-14-12(18)15-10(9)8-16(2)6-4-5-13/h3-8,13H2,1-2H3,(H2,14,15,18). The zero-order valence-corrected chi connectivity index (χ0v) is 11.5. The molecule has 0 spiro atoms. The summed E-state index contributed by atoms with van der Waals surface area (Å²) in [5, 5.41) is 5.24. The van der Waals surface area contributed by atoms with E-state index in [1.165, 1.54) is 0 Å². The lowest BCUT2D eigenvalue weighted by Crippen LogP contribution is -2.46. The largest absolute Gasteiger partial charge is 0.463 e. The summed E-state index contributed by atoms with van der Waals surface area (Å²) in [6.45, 7) is 4.17. The maximum absolute atomic E-state index is 11.8. The van der Waals surface area contributed by atoms with Crippen molar-refractivity contribution in [2.75, 3.05) is 39.8 Å². The van der Waals surface area contributed by atoms with Gasteiger partial charge in [-0.15, -0.1) is 0 Å². The number of nitrogens with two attached hydrogens (primary N) is 1. The Kier molecular flexibility index (Phi) is 6.31.